The average molecular weight is 434 g/mol. The van der Waals surface area contributed by atoms with Crippen LogP contribution in [0.1, 0.15) is 11.1 Å². The first-order valence-corrected chi connectivity index (χ1v) is 8.57. The number of hydrogen-bond acceptors (Lipinski definition) is 5. The molecule has 160 valence electrons. The number of Topliss-reactive ketones (excluding diaryl/α,β-unsaturated/α-hetero) is 1. The van der Waals surface area contributed by atoms with E-state index < -0.39 is 41.5 Å². The van der Waals surface area contributed by atoms with Crippen molar-refractivity contribution in [2.45, 2.75) is 24.6 Å². The van der Waals surface area contributed by atoms with Gasteiger partial charge in [-0.25, -0.2) is 0 Å². The summed E-state index contributed by atoms with van der Waals surface area (Å²) in [5.74, 6) is -1.01. The number of carbonyl (C=O) groups excluding carboxylic acids is 1. The fourth-order valence-corrected chi connectivity index (χ4v) is 2.98. The summed E-state index contributed by atoms with van der Waals surface area (Å²) in [6.07, 6.45) is -11.5. The number of rotatable bonds is 2. The van der Waals surface area contributed by atoms with Crippen molar-refractivity contribution in [2.75, 3.05) is 13.2 Å². The van der Waals surface area contributed by atoms with Crippen molar-refractivity contribution in [3.8, 4) is 23.0 Å². The van der Waals surface area contributed by atoms with Gasteiger partial charge in [-0.3, -0.25) is 4.79 Å². The zero-order chi connectivity index (χ0) is 21.7. The number of benzene rings is 2. The van der Waals surface area contributed by atoms with Crippen LogP contribution in [-0.2, 0) is 17.1 Å². The first-order valence-electron chi connectivity index (χ1n) is 8.57. The molecule has 11 heteroatoms. The highest BCUT2D eigenvalue weighted by Gasteiger charge is 2.39. The Kier molecular flexibility index (Phi) is 4.70. The van der Waals surface area contributed by atoms with E-state index in [0.29, 0.717) is 0 Å². The van der Waals surface area contributed by atoms with Gasteiger partial charge in [0.05, 0.1) is 11.1 Å². The van der Waals surface area contributed by atoms with Crippen LogP contribution < -0.4 is 18.9 Å². The molecule has 0 amide bonds. The molecule has 0 aromatic heterocycles. The second kappa shape index (κ2) is 6.99. The summed E-state index contributed by atoms with van der Waals surface area (Å²) < 4.78 is 98.0. The SMILES string of the molecule is O=C(C1COc2cc(C(F)(F)F)ccc2O1)C1COc2cc(C(F)(F)F)ccc2O1. The van der Waals surface area contributed by atoms with Crippen LogP contribution in [0.4, 0.5) is 26.3 Å². The van der Waals surface area contributed by atoms with Gasteiger partial charge in [0.2, 0.25) is 5.78 Å². The molecule has 0 saturated carbocycles. The molecule has 5 nitrogen and oxygen atoms in total. The van der Waals surface area contributed by atoms with Gasteiger partial charge in [0, 0.05) is 0 Å². The zero-order valence-corrected chi connectivity index (χ0v) is 14.8. The lowest BCUT2D eigenvalue weighted by Crippen LogP contribution is -2.48. The van der Waals surface area contributed by atoms with E-state index in [1.165, 1.54) is 0 Å². The topological polar surface area (TPSA) is 54.0 Å². The van der Waals surface area contributed by atoms with Crippen LogP contribution in [0.25, 0.3) is 0 Å². The Labute approximate surface area is 165 Å². The largest absolute Gasteiger partial charge is 0.485 e. The third-order valence-corrected chi connectivity index (χ3v) is 4.50. The van der Waals surface area contributed by atoms with Gasteiger partial charge in [-0.15, -0.1) is 0 Å². The average Bonchev–Trinajstić information content (AvgIpc) is 2.70. The smallest absolute Gasteiger partial charge is 0.416 e. The molecule has 2 aromatic carbocycles. The fourth-order valence-electron chi connectivity index (χ4n) is 2.98. The summed E-state index contributed by atoms with van der Waals surface area (Å²) in [4.78, 5) is 12.7. The van der Waals surface area contributed by atoms with Crippen LogP contribution in [0.15, 0.2) is 36.4 Å². The molecule has 0 spiro atoms. The van der Waals surface area contributed by atoms with E-state index in [9.17, 15) is 31.1 Å². The Hall–Kier alpha value is -3.11. The number of ether oxygens (including phenoxy) is 4. The number of fused-ring (bicyclic) bond motifs is 2. The van der Waals surface area contributed by atoms with E-state index in [1.807, 2.05) is 0 Å². The lowest BCUT2D eigenvalue weighted by atomic mass is 10.1. The Morgan fingerprint density at radius 2 is 1.10 bits per heavy atom. The Morgan fingerprint density at radius 1 is 0.700 bits per heavy atom. The maximum absolute atomic E-state index is 12.8. The first-order chi connectivity index (χ1) is 14.0. The van der Waals surface area contributed by atoms with Crippen molar-refractivity contribution in [1.82, 2.24) is 0 Å². The molecule has 30 heavy (non-hydrogen) atoms. The van der Waals surface area contributed by atoms with Gasteiger partial charge in [0.1, 0.15) is 13.2 Å². The second-order valence-corrected chi connectivity index (χ2v) is 6.56. The quantitative estimate of drug-likeness (QED) is 0.661. The third kappa shape index (κ3) is 3.83. The van der Waals surface area contributed by atoms with Crippen LogP contribution in [0.3, 0.4) is 0 Å². The van der Waals surface area contributed by atoms with Crippen molar-refractivity contribution < 1.29 is 50.1 Å². The number of carbonyl (C=O) groups is 1. The molecule has 0 saturated heterocycles. The second-order valence-electron chi connectivity index (χ2n) is 6.56. The third-order valence-electron chi connectivity index (χ3n) is 4.50. The molecule has 0 N–H and O–H groups in total. The van der Waals surface area contributed by atoms with Crippen molar-refractivity contribution in [3.63, 3.8) is 0 Å². The highest BCUT2D eigenvalue weighted by atomic mass is 19.4. The summed E-state index contributed by atoms with van der Waals surface area (Å²) in [7, 11) is 0. The maximum atomic E-state index is 12.8. The van der Waals surface area contributed by atoms with E-state index in [4.69, 9.17) is 18.9 Å². The summed E-state index contributed by atoms with van der Waals surface area (Å²) in [5.41, 5.74) is -1.85. The Balaban J connectivity index is 1.46. The normalized spacial score (nSPS) is 20.6. The molecule has 2 aromatic rings. The molecule has 0 fully saturated rings. The summed E-state index contributed by atoms with van der Waals surface area (Å²) in [6.45, 7) is -0.709. The molecule has 2 unspecified atom stereocenters. The molecule has 0 bridgehead atoms. The number of alkyl halides is 6. The molecule has 0 radical (unpaired) electrons. The van der Waals surface area contributed by atoms with Gasteiger partial charge in [-0.1, -0.05) is 0 Å². The van der Waals surface area contributed by atoms with Crippen LogP contribution >= 0.6 is 0 Å². The fraction of sp³-hybridized carbons (Fsp3) is 0.316. The summed E-state index contributed by atoms with van der Waals surface area (Å²) in [6, 6.07) is 5.22. The zero-order valence-electron chi connectivity index (χ0n) is 14.8. The predicted octanol–water partition coefficient (Wildman–Crippen LogP) is 4.27. The van der Waals surface area contributed by atoms with Crippen molar-refractivity contribution in [2.24, 2.45) is 0 Å². The van der Waals surface area contributed by atoms with E-state index in [-0.39, 0.29) is 36.2 Å². The molecule has 2 atom stereocenters. The van der Waals surface area contributed by atoms with Crippen molar-refractivity contribution >= 4 is 5.78 Å². The molecule has 0 aliphatic carbocycles. The first kappa shape index (κ1) is 20.2. The number of ketones is 1. The lowest BCUT2D eigenvalue weighted by Gasteiger charge is -2.31. The maximum Gasteiger partial charge on any atom is 0.416 e. The van der Waals surface area contributed by atoms with Crippen LogP contribution in [0, 0.1) is 0 Å². The predicted molar refractivity (Wildman–Crippen MR) is 87.7 cm³/mol. The van der Waals surface area contributed by atoms with E-state index >= 15 is 0 Å². The number of halogens is 6. The van der Waals surface area contributed by atoms with Gasteiger partial charge in [0.15, 0.2) is 35.2 Å². The molecule has 4 rings (SSSR count). The van der Waals surface area contributed by atoms with Crippen molar-refractivity contribution in [3.05, 3.63) is 47.5 Å². The van der Waals surface area contributed by atoms with Crippen LogP contribution in [0.5, 0.6) is 23.0 Å². The molecule has 2 aliphatic rings. The number of hydrogen-bond donors (Lipinski definition) is 0. The van der Waals surface area contributed by atoms with E-state index in [0.717, 1.165) is 36.4 Å². The minimum atomic E-state index is -4.56. The van der Waals surface area contributed by atoms with Crippen LogP contribution in [-0.4, -0.2) is 31.2 Å². The highest BCUT2D eigenvalue weighted by molar-refractivity contribution is 5.89. The van der Waals surface area contributed by atoms with E-state index in [2.05, 4.69) is 0 Å². The molecule has 2 aliphatic heterocycles. The highest BCUT2D eigenvalue weighted by Crippen LogP contribution is 2.40. The van der Waals surface area contributed by atoms with Gasteiger partial charge < -0.3 is 18.9 Å². The van der Waals surface area contributed by atoms with Gasteiger partial charge in [-0.05, 0) is 36.4 Å². The van der Waals surface area contributed by atoms with Gasteiger partial charge >= 0.3 is 12.4 Å². The lowest BCUT2D eigenvalue weighted by molar-refractivity contribution is -0.140. The Bertz CT molecular complexity index is 907. The monoisotopic (exact) mass is 434 g/mol. The standard InChI is InChI=1S/C19H12F6O5/c20-18(21,22)9-1-3-11-13(5-9)27-7-15(29-11)17(26)16-8-28-14-6-10(19(23,24)25)2-4-12(14)30-16/h1-6,15-16H,7-8H2. The minimum absolute atomic E-state index is 0.0421. The van der Waals surface area contributed by atoms with Crippen LogP contribution in [0.2, 0.25) is 0 Å². The van der Waals surface area contributed by atoms with Gasteiger partial charge in [-0.2, -0.15) is 26.3 Å². The summed E-state index contributed by atoms with van der Waals surface area (Å²) in [5, 5.41) is 0. The van der Waals surface area contributed by atoms with Crippen molar-refractivity contribution in [1.29, 1.82) is 0 Å². The molecular formula is C19H12F6O5. The molecular weight excluding hydrogens is 422 g/mol. The Morgan fingerprint density at radius 3 is 1.47 bits per heavy atom. The van der Waals surface area contributed by atoms with E-state index in [1.54, 1.807) is 0 Å². The minimum Gasteiger partial charge on any atom is -0.485 e. The van der Waals surface area contributed by atoms with Gasteiger partial charge in [0.25, 0.3) is 0 Å². The summed E-state index contributed by atoms with van der Waals surface area (Å²) >= 11 is 0. The molecule has 2 heterocycles.